The van der Waals surface area contributed by atoms with E-state index in [-0.39, 0.29) is 5.54 Å². The lowest BCUT2D eigenvalue weighted by atomic mass is 10.1. The summed E-state index contributed by atoms with van der Waals surface area (Å²) < 4.78 is 13.0. The first-order valence-corrected chi connectivity index (χ1v) is 6.38. The van der Waals surface area contributed by atoms with Crippen LogP contribution in [0.15, 0.2) is 0 Å². The molecule has 0 saturated heterocycles. The first-order chi connectivity index (χ1) is 5.28. The van der Waals surface area contributed by atoms with E-state index in [0.29, 0.717) is 0 Å². The van der Waals surface area contributed by atoms with Crippen molar-refractivity contribution in [3.63, 3.8) is 0 Å². The summed E-state index contributed by atoms with van der Waals surface area (Å²) in [4.78, 5) is 0. The smallest absolute Gasteiger partial charge is 0.386 e. The molecule has 12 heavy (non-hydrogen) atoms. The summed E-state index contributed by atoms with van der Waals surface area (Å²) in [5.74, 6) is 0. The maximum atomic E-state index is 5.42. The highest BCUT2D eigenvalue weighted by atomic mass is 28.4. The van der Waals surface area contributed by atoms with Crippen molar-refractivity contribution in [2.45, 2.75) is 32.9 Å². The molecule has 0 amide bonds. The Morgan fingerprint density at radius 2 is 1.42 bits per heavy atom. The number of nitrogens with zero attached hydrogens (tertiary/aromatic N) is 1. The summed E-state index contributed by atoms with van der Waals surface area (Å²) in [5, 5.41) is 0. The van der Waals surface area contributed by atoms with Gasteiger partial charge in [-0.05, 0) is 34.4 Å². The molecule has 0 unspecified atom stereocenters. The minimum absolute atomic E-state index is 0.0903. The van der Waals surface area contributed by atoms with Crippen LogP contribution in [0.25, 0.3) is 0 Å². The number of hydrogen-bond acceptors (Lipinski definition) is 3. The molecule has 3 nitrogen and oxygen atoms in total. The molecule has 0 heterocycles. The second-order valence-electron chi connectivity index (χ2n) is 4.04. The Morgan fingerprint density at radius 1 is 1.08 bits per heavy atom. The number of hydrogen-bond donors (Lipinski definition) is 0. The van der Waals surface area contributed by atoms with Crippen LogP contribution in [0.5, 0.6) is 0 Å². The normalized spacial score (nSPS) is 14.0. The molecule has 0 aromatic heterocycles. The number of rotatable bonds is 3. The van der Waals surface area contributed by atoms with E-state index in [4.69, 9.17) is 8.85 Å². The van der Waals surface area contributed by atoms with E-state index in [1.54, 1.807) is 14.2 Å². The molecule has 0 aliphatic rings. The molecule has 0 aliphatic carbocycles. The molecule has 4 heteroatoms. The zero-order valence-corrected chi connectivity index (χ0v) is 10.3. The second-order valence-corrected chi connectivity index (χ2v) is 7.32. The van der Waals surface area contributed by atoms with Gasteiger partial charge in [-0.1, -0.05) is 0 Å². The van der Waals surface area contributed by atoms with Crippen LogP contribution in [0.2, 0.25) is 6.55 Å². The maximum absolute atomic E-state index is 5.42. The van der Waals surface area contributed by atoms with Gasteiger partial charge in [0.15, 0.2) is 0 Å². The Bertz CT molecular complexity index is 140. The van der Waals surface area contributed by atoms with Crippen molar-refractivity contribution < 1.29 is 8.85 Å². The lowest BCUT2D eigenvalue weighted by Gasteiger charge is -2.41. The maximum Gasteiger partial charge on any atom is 0.424 e. The highest BCUT2D eigenvalue weighted by molar-refractivity contribution is 6.63. The van der Waals surface area contributed by atoms with Gasteiger partial charge in [-0.25, -0.2) is 0 Å². The Hall–Kier alpha value is 0.0969. The van der Waals surface area contributed by atoms with Crippen molar-refractivity contribution in [2.24, 2.45) is 0 Å². The Kier molecular flexibility index (Phi) is 3.90. The lowest BCUT2D eigenvalue weighted by molar-refractivity contribution is 0.133. The first kappa shape index (κ1) is 12.1. The predicted octanol–water partition coefficient (Wildman–Crippen LogP) is 1.58. The van der Waals surface area contributed by atoms with Gasteiger partial charge in [0.1, 0.15) is 0 Å². The van der Waals surface area contributed by atoms with Crippen LogP contribution in [0.1, 0.15) is 20.8 Å². The van der Waals surface area contributed by atoms with Gasteiger partial charge in [0.2, 0.25) is 0 Å². The highest BCUT2D eigenvalue weighted by Crippen LogP contribution is 2.20. The van der Waals surface area contributed by atoms with Gasteiger partial charge in [0.25, 0.3) is 0 Å². The van der Waals surface area contributed by atoms with Gasteiger partial charge in [0.05, 0.1) is 0 Å². The molecule has 0 spiro atoms. The van der Waals surface area contributed by atoms with Gasteiger partial charge in [-0.2, -0.15) is 0 Å². The molecule has 0 rings (SSSR count). The van der Waals surface area contributed by atoms with Gasteiger partial charge in [-0.3, -0.25) is 4.57 Å². The highest BCUT2D eigenvalue weighted by Gasteiger charge is 2.40. The summed E-state index contributed by atoms with van der Waals surface area (Å²) in [7, 11) is 3.35. The van der Waals surface area contributed by atoms with Crippen LogP contribution < -0.4 is 0 Å². The van der Waals surface area contributed by atoms with E-state index in [1.807, 2.05) is 13.6 Å². The average molecular weight is 191 g/mol. The van der Waals surface area contributed by atoms with Crippen molar-refractivity contribution >= 4 is 8.72 Å². The third-order valence-electron chi connectivity index (χ3n) is 2.37. The molecule has 0 aromatic carbocycles. The van der Waals surface area contributed by atoms with Gasteiger partial charge >= 0.3 is 8.72 Å². The molecule has 0 bridgehead atoms. The summed E-state index contributed by atoms with van der Waals surface area (Å²) in [6.45, 7) is 8.49. The van der Waals surface area contributed by atoms with Crippen molar-refractivity contribution in [3.05, 3.63) is 0 Å². The fourth-order valence-electron chi connectivity index (χ4n) is 0.966. The molecule has 0 radical (unpaired) electrons. The largest absolute Gasteiger partial charge is 0.424 e. The average Bonchev–Trinajstić information content (AvgIpc) is 2.00. The topological polar surface area (TPSA) is 21.7 Å². The van der Waals surface area contributed by atoms with Gasteiger partial charge in [-0.15, -0.1) is 0 Å². The van der Waals surface area contributed by atoms with E-state index >= 15 is 0 Å². The molecule has 0 saturated carbocycles. The van der Waals surface area contributed by atoms with Crippen molar-refractivity contribution in [1.82, 2.24) is 4.57 Å². The minimum atomic E-state index is -2.10. The molecule has 0 atom stereocenters. The van der Waals surface area contributed by atoms with Crippen LogP contribution >= 0.6 is 0 Å². The van der Waals surface area contributed by atoms with Crippen LogP contribution in [0.3, 0.4) is 0 Å². The summed E-state index contributed by atoms with van der Waals surface area (Å²) in [5.41, 5.74) is 0.0903. The quantitative estimate of drug-likeness (QED) is 0.632. The molecule has 0 aromatic rings. The third kappa shape index (κ3) is 2.55. The van der Waals surface area contributed by atoms with Gasteiger partial charge < -0.3 is 8.85 Å². The van der Waals surface area contributed by atoms with Crippen LogP contribution in [0.4, 0.5) is 0 Å². The SMILES string of the molecule is CO[Si](C)(OC)N(C)C(C)(C)C. The standard InChI is InChI=1S/C8H21NO2Si/c1-8(2,3)9(4)12(7,10-5)11-6/h1-7H3. The van der Waals surface area contributed by atoms with E-state index in [2.05, 4.69) is 25.3 Å². The van der Waals surface area contributed by atoms with E-state index in [1.165, 1.54) is 0 Å². The predicted molar refractivity (Wildman–Crippen MR) is 53.2 cm³/mol. The Balaban J connectivity index is 4.53. The van der Waals surface area contributed by atoms with Crippen molar-refractivity contribution in [1.29, 1.82) is 0 Å². The van der Waals surface area contributed by atoms with Crippen LogP contribution in [-0.2, 0) is 8.85 Å². The first-order valence-electron chi connectivity index (χ1n) is 4.12. The Labute approximate surface area is 77.0 Å². The van der Waals surface area contributed by atoms with Crippen molar-refractivity contribution in [3.8, 4) is 0 Å². The fourth-order valence-corrected chi connectivity index (χ4v) is 2.90. The zero-order chi connectivity index (χ0) is 9.99. The molecule has 0 aliphatic heterocycles. The molecule has 74 valence electrons. The van der Waals surface area contributed by atoms with Crippen molar-refractivity contribution in [2.75, 3.05) is 21.3 Å². The lowest BCUT2D eigenvalue weighted by Crippen LogP contribution is -2.60. The second kappa shape index (κ2) is 3.87. The van der Waals surface area contributed by atoms with Crippen LogP contribution in [-0.4, -0.2) is 40.1 Å². The van der Waals surface area contributed by atoms with Gasteiger partial charge in [0, 0.05) is 19.8 Å². The summed E-state index contributed by atoms with van der Waals surface area (Å²) >= 11 is 0. The van der Waals surface area contributed by atoms with E-state index < -0.39 is 8.72 Å². The molecular weight excluding hydrogens is 170 g/mol. The molecular formula is C8H21NO2Si. The summed E-state index contributed by atoms with van der Waals surface area (Å²) in [6.07, 6.45) is 0. The molecule has 0 N–H and O–H groups in total. The van der Waals surface area contributed by atoms with E-state index in [0.717, 1.165) is 0 Å². The van der Waals surface area contributed by atoms with Crippen LogP contribution in [0, 0.1) is 0 Å². The zero-order valence-electron chi connectivity index (χ0n) is 9.26. The Morgan fingerprint density at radius 3 is 1.50 bits per heavy atom. The monoisotopic (exact) mass is 191 g/mol. The minimum Gasteiger partial charge on any atom is -0.386 e. The summed E-state index contributed by atoms with van der Waals surface area (Å²) in [6, 6.07) is 0. The molecule has 0 fully saturated rings. The fraction of sp³-hybridized carbons (Fsp3) is 1.00. The third-order valence-corrected chi connectivity index (χ3v) is 5.78. The van der Waals surface area contributed by atoms with E-state index in [9.17, 15) is 0 Å².